The van der Waals surface area contributed by atoms with Gasteiger partial charge in [-0.25, -0.2) is 4.79 Å². The largest absolute Gasteiger partial charge is 0.508 e. The first-order chi connectivity index (χ1) is 19.1. The van der Waals surface area contributed by atoms with Gasteiger partial charge in [-0.2, -0.15) is 0 Å². The molecule has 1 aromatic rings. The molecule has 5 nitrogen and oxygen atoms in total. The van der Waals surface area contributed by atoms with Crippen LogP contribution in [0.3, 0.4) is 0 Å². The van der Waals surface area contributed by atoms with Gasteiger partial charge < -0.3 is 14.6 Å². The molecular weight excluding hydrogens is 488 g/mol. The Morgan fingerprint density at radius 3 is 1.69 bits per heavy atom. The lowest BCUT2D eigenvalue weighted by Gasteiger charge is -2.09. The van der Waals surface area contributed by atoms with Gasteiger partial charge in [-0.15, -0.1) is 78.9 Å². The molecule has 0 aliphatic heterocycles. The van der Waals surface area contributed by atoms with E-state index in [0.717, 1.165) is 36.5 Å². The average molecular weight is 545 g/mol. The molecule has 0 bridgehead atoms. The summed E-state index contributed by atoms with van der Waals surface area (Å²) in [6, 6.07) is 5.22. The number of esters is 2. The molecule has 0 aromatic heterocycles. The monoisotopic (exact) mass is 544 g/mol. The molecule has 0 unspecified atom stereocenters. The number of hydrogen-bond donors (Lipinski definition) is 1. The molecule has 0 spiro atoms. The van der Waals surface area contributed by atoms with Crippen molar-refractivity contribution < 1.29 is 24.2 Å². The highest BCUT2D eigenvalue weighted by molar-refractivity contribution is 5.81. The zero-order valence-electron chi connectivity index (χ0n) is 24.9. The Balaban J connectivity index is -0.000000199. The standard InChI is InChI=1S/C22H32O5.6C2H4/c1-3-5-6-7-8-9-10-11-19-16-18(12-13-20(19)23)17-22(25)27-15-14-26-21(24)4-2;6*1-2/h4,12-13,16,23H,2-3,5-11,14-15,17H2,1H3;6*1-2H2. The van der Waals surface area contributed by atoms with E-state index in [9.17, 15) is 14.7 Å². The number of phenolic OH excluding ortho intramolecular Hbond substituents is 1. The van der Waals surface area contributed by atoms with E-state index in [1.807, 2.05) is 6.07 Å². The quantitative estimate of drug-likeness (QED) is 0.109. The maximum Gasteiger partial charge on any atom is 0.330 e. The van der Waals surface area contributed by atoms with Gasteiger partial charge in [0.25, 0.3) is 0 Å². The van der Waals surface area contributed by atoms with Crippen LogP contribution in [-0.2, 0) is 31.9 Å². The lowest BCUT2D eigenvalue weighted by Crippen LogP contribution is -2.14. The molecule has 1 N–H and O–H groups in total. The lowest BCUT2D eigenvalue weighted by molar-refractivity contribution is -0.149. The van der Waals surface area contributed by atoms with Crippen LogP contribution in [0.15, 0.2) is 110 Å². The van der Waals surface area contributed by atoms with Gasteiger partial charge in [-0.05, 0) is 30.0 Å². The van der Waals surface area contributed by atoms with Gasteiger partial charge in [0.2, 0.25) is 0 Å². The number of carbonyl (C=O) groups excluding carboxylic acids is 2. The molecule has 0 fully saturated rings. The number of hydrogen-bond acceptors (Lipinski definition) is 5. The predicted molar refractivity (Wildman–Crippen MR) is 173 cm³/mol. The van der Waals surface area contributed by atoms with Crippen LogP contribution in [-0.4, -0.2) is 30.3 Å². The zero-order chi connectivity index (χ0) is 31.9. The van der Waals surface area contributed by atoms with Crippen molar-refractivity contribution >= 4 is 11.9 Å². The second kappa shape index (κ2) is 47.4. The van der Waals surface area contributed by atoms with Crippen molar-refractivity contribution in [2.75, 3.05) is 13.2 Å². The first kappa shape index (κ1) is 48.2. The van der Waals surface area contributed by atoms with Crippen molar-refractivity contribution in [1.29, 1.82) is 0 Å². The molecule has 0 heterocycles. The number of rotatable bonds is 14. The third-order valence-electron chi connectivity index (χ3n) is 4.30. The van der Waals surface area contributed by atoms with E-state index in [-0.39, 0.29) is 25.4 Å². The van der Waals surface area contributed by atoms with Crippen molar-refractivity contribution in [3.05, 3.63) is 121 Å². The SMILES string of the molecule is C=C.C=C.C=C.C=C.C=C.C=C.C=CC(=O)OCCOC(=O)Cc1ccc(O)c(CCCCCCCCC)c1. The molecule has 0 radical (unpaired) electrons. The normalized spacial score (nSPS) is 7.82. The van der Waals surface area contributed by atoms with E-state index in [2.05, 4.69) is 92.4 Å². The van der Waals surface area contributed by atoms with Gasteiger partial charge in [0.05, 0.1) is 6.42 Å². The third-order valence-corrected chi connectivity index (χ3v) is 4.30. The van der Waals surface area contributed by atoms with Crippen LogP contribution in [0.1, 0.15) is 63.0 Å². The first-order valence-electron chi connectivity index (χ1n) is 12.8. The van der Waals surface area contributed by atoms with E-state index in [0.29, 0.717) is 0 Å². The highest BCUT2D eigenvalue weighted by Gasteiger charge is 2.09. The fraction of sp³-hybridized carbons (Fsp3) is 0.353. The predicted octanol–water partition coefficient (Wildman–Crippen LogP) is 9.31. The second-order valence-electron chi connectivity index (χ2n) is 6.60. The molecule has 39 heavy (non-hydrogen) atoms. The molecular formula is C34H56O5. The maximum atomic E-state index is 11.9. The molecule has 0 atom stereocenters. The number of carbonyl (C=O) groups is 2. The molecule has 1 aromatic carbocycles. The molecule has 5 heteroatoms. The molecule has 1 rings (SSSR count). The fourth-order valence-corrected chi connectivity index (χ4v) is 2.80. The van der Waals surface area contributed by atoms with Crippen LogP contribution in [0.5, 0.6) is 5.75 Å². The van der Waals surface area contributed by atoms with Crippen molar-refractivity contribution in [1.82, 2.24) is 0 Å². The lowest BCUT2D eigenvalue weighted by atomic mass is 10.0. The Morgan fingerprint density at radius 2 is 1.21 bits per heavy atom. The Kier molecular flexibility index (Phi) is 58.6. The number of ether oxygens (including phenoxy) is 2. The van der Waals surface area contributed by atoms with E-state index >= 15 is 0 Å². The summed E-state index contributed by atoms with van der Waals surface area (Å²) < 4.78 is 9.79. The molecule has 0 amide bonds. The fourth-order valence-electron chi connectivity index (χ4n) is 2.80. The molecule has 0 aliphatic rings. The minimum Gasteiger partial charge on any atom is -0.508 e. The van der Waals surface area contributed by atoms with E-state index < -0.39 is 11.9 Å². The summed E-state index contributed by atoms with van der Waals surface area (Å²) in [6.07, 6.45) is 10.5. The summed E-state index contributed by atoms with van der Waals surface area (Å²) >= 11 is 0. The minimum absolute atomic E-state index is 0.00960. The smallest absolute Gasteiger partial charge is 0.330 e. The number of aromatic hydroxyl groups is 1. The van der Waals surface area contributed by atoms with Crippen LogP contribution in [0, 0.1) is 0 Å². The number of unbranched alkanes of at least 4 members (excludes halogenated alkanes) is 6. The van der Waals surface area contributed by atoms with Gasteiger partial charge in [0.15, 0.2) is 0 Å². The van der Waals surface area contributed by atoms with Crippen LogP contribution < -0.4 is 0 Å². The first-order valence-corrected chi connectivity index (χ1v) is 12.8. The average Bonchev–Trinajstić information content (AvgIpc) is 3.02. The van der Waals surface area contributed by atoms with Crippen molar-refractivity contribution in [3.63, 3.8) is 0 Å². The second-order valence-corrected chi connectivity index (χ2v) is 6.60. The Morgan fingerprint density at radius 1 is 0.744 bits per heavy atom. The van der Waals surface area contributed by atoms with Crippen molar-refractivity contribution in [2.45, 2.75) is 64.7 Å². The third kappa shape index (κ3) is 36.4. The molecule has 0 saturated carbocycles. The summed E-state index contributed by atoms with van der Waals surface area (Å²) in [5, 5.41) is 10.0. The summed E-state index contributed by atoms with van der Waals surface area (Å²) in [7, 11) is 0. The van der Waals surface area contributed by atoms with E-state index in [4.69, 9.17) is 9.47 Å². The Bertz CT molecular complexity index is 669. The van der Waals surface area contributed by atoms with Gasteiger partial charge >= 0.3 is 11.9 Å². The van der Waals surface area contributed by atoms with Gasteiger partial charge in [0, 0.05) is 6.08 Å². The summed E-state index contributed by atoms with van der Waals surface area (Å²) in [5.41, 5.74) is 1.67. The Labute approximate surface area is 240 Å². The van der Waals surface area contributed by atoms with Crippen LogP contribution in [0.4, 0.5) is 0 Å². The van der Waals surface area contributed by atoms with Gasteiger partial charge in [-0.1, -0.05) is 64.2 Å². The highest BCUT2D eigenvalue weighted by Crippen LogP contribution is 2.22. The maximum absolute atomic E-state index is 11.9. The van der Waals surface area contributed by atoms with Crippen LogP contribution >= 0.6 is 0 Å². The number of benzene rings is 1. The number of phenols is 1. The zero-order valence-corrected chi connectivity index (χ0v) is 24.9. The summed E-state index contributed by atoms with van der Waals surface area (Å²) in [6.45, 7) is 41.5. The molecule has 222 valence electrons. The van der Waals surface area contributed by atoms with E-state index in [1.165, 1.54) is 32.1 Å². The Hall–Kier alpha value is -3.86. The topological polar surface area (TPSA) is 72.8 Å². The van der Waals surface area contributed by atoms with Crippen LogP contribution in [0.2, 0.25) is 0 Å². The number of aryl methyl sites for hydroxylation is 1. The van der Waals surface area contributed by atoms with Crippen molar-refractivity contribution in [3.8, 4) is 5.75 Å². The molecule has 0 aliphatic carbocycles. The summed E-state index contributed by atoms with van der Waals surface area (Å²) in [4.78, 5) is 22.7. The van der Waals surface area contributed by atoms with Gasteiger partial charge in [0.1, 0.15) is 19.0 Å². The van der Waals surface area contributed by atoms with Gasteiger partial charge in [-0.3, -0.25) is 4.79 Å². The van der Waals surface area contributed by atoms with E-state index in [1.54, 1.807) is 12.1 Å². The molecule has 0 saturated heterocycles. The van der Waals surface area contributed by atoms with Crippen molar-refractivity contribution in [2.24, 2.45) is 0 Å². The van der Waals surface area contributed by atoms with Crippen LogP contribution in [0.25, 0.3) is 0 Å². The summed E-state index contributed by atoms with van der Waals surface area (Å²) in [5.74, 6) is -0.661. The highest BCUT2D eigenvalue weighted by atomic mass is 16.6. The minimum atomic E-state index is -0.542.